The van der Waals surface area contributed by atoms with Gasteiger partial charge in [0.25, 0.3) is 5.91 Å². The Balaban J connectivity index is 1.50. The number of amides is 1. The highest BCUT2D eigenvalue weighted by molar-refractivity contribution is 5.96. The quantitative estimate of drug-likeness (QED) is 0.117. The van der Waals surface area contributed by atoms with Crippen molar-refractivity contribution >= 4 is 29.6 Å². The zero-order chi connectivity index (χ0) is 27.5. The fourth-order valence-electron chi connectivity index (χ4n) is 3.93. The molecule has 2 aromatic carbocycles. The van der Waals surface area contributed by atoms with Crippen molar-refractivity contribution in [1.29, 1.82) is 10.8 Å². The Bertz CT molecular complexity index is 1170. The minimum atomic E-state index is -0.471. The molecule has 1 aliphatic heterocycles. The van der Waals surface area contributed by atoms with Crippen LogP contribution in [0.1, 0.15) is 48.2 Å². The summed E-state index contributed by atoms with van der Waals surface area (Å²) < 4.78 is 16.8. The zero-order valence-corrected chi connectivity index (χ0v) is 21.8. The van der Waals surface area contributed by atoms with Crippen LogP contribution < -0.4 is 20.5 Å². The molecular formula is C28H35N5O5. The van der Waals surface area contributed by atoms with Crippen molar-refractivity contribution in [3.8, 4) is 11.5 Å². The smallest absolute Gasteiger partial charge is 0.330 e. The van der Waals surface area contributed by atoms with Crippen LogP contribution >= 0.6 is 0 Å². The monoisotopic (exact) mass is 521 g/mol. The van der Waals surface area contributed by atoms with E-state index in [0.717, 1.165) is 25.9 Å². The fraction of sp³-hybridized carbons (Fsp3) is 0.357. The summed E-state index contributed by atoms with van der Waals surface area (Å²) in [6, 6.07) is 12.0. The van der Waals surface area contributed by atoms with Crippen molar-refractivity contribution in [3.05, 3.63) is 65.2 Å². The van der Waals surface area contributed by atoms with Crippen LogP contribution in [0.15, 0.2) is 48.5 Å². The molecule has 202 valence electrons. The Morgan fingerprint density at radius 2 is 1.79 bits per heavy atom. The molecule has 38 heavy (non-hydrogen) atoms. The van der Waals surface area contributed by atoms with Gasteiger partial charge in [-0.25, -0.2) is 4.79 Å². The first-order valence-corrected chi connectivity index (χ1v) is 12.6. The molecule has 0 radical (unpaired) electrons. The number of carbonyl (C=O) groups is 2. The van der Waals surface area contributed by atoms with Gasteiger partial charge in [0.2, 0.25) is 0 Å². The summed E-state index contributed by atoms with van der Waals surface area (Å²) in [5.41, 5.74) is 7.19. The first-order chi connectivity index (χ1) is 18.3. The Morgan fingerprint density at radius 3 is 2.42 bits per heavy atom. The summed E-state index contributed by atoms with van der Waals surface area (Å²) in [6.07, 6.45) is 4.68. The summed E-state index contributed by atoms with van der Waals surface area (Å²) >= 11 is 0. The number of amidine groups is 2. The van der Waals surface area contributed by atoms with Gasteiger partial charge in [-0.15, -0.1) is 0 Å². The van der Waals surface area contributed by atoms with Crippen LogP contribution in [-0.4, -0.2) is 67.4 Å². The molecule has 1 amide bonds. The van der Waals surface area contributed by atoms with Gasteiger partial charge in [0, 0.05) is 48.7 Å². The van der Waals surface area contributed by atoms with E-state index in [2.05, 4.69) is 5.32 Å². The van der Waals surface area contributed by atoms with E-state index in [1.165, 1.54) is 6.08 Å². The predicted octanol–water partition coefficient (Wildman–Crippen LogP) is 3.20. The largest absolute Gasteiger partial charge is 0.491 e. The lowest BCUT2D eigenvalue weighted by atomic mass is 10.1. The van der Waals surface area contributed by atoms with E-state index >= 15 is 0 Å². The van der Waals surface area contributed by atoms with Crippen molar-refractivity contribution in [2.24, 2.45) is 5.73 Å². The normalized spacial score (nSPS) is 13.7. The predicted molar refractivity (Wildman–Crippen MR) is 146 cm³/mol. The van der Waals surface area contributed by atoms with Crippen LogP contribution in [0.4, 0.5) is 0 Å². The zero-order valence-electron chi connectivity index (χ0n) is 21.8. The van der Waals surface area contributed by atoms with Crippen LogP contribution in [-0.2, 0) is 9.53 Å². The minimum Gasteiger partial charge on any atom is -0.491 e. The number of likely N-dealkylation sites (tertiary alicyclic amines) is 1. The molecule has 5 N–H and O–H groups in total. The van der Waals surface area contributed by atoms with Crippen molar-refractivity contribution in [3.63, 3.8) is 0 Å². The molecular weight excluding hydrogens is 486 g/mol. The van der Waals surface area contributed by atoms with Crippen LogP contribution in [0.25, 0.3) is 6.08 Å². The number of hydrogen-bond donors (Lipinski definition) is 4. The molecule has 1 aliphatic rings. The number of ether oxygens (including phenoxy) is 3. The lowest BCUT2D eigenvalue weighted by Crippen LogP contribution is -2.40. The minimum absolute atomic E-state index is 0.0981. The standard InChI is InChI=1S/C28H35N5O5/c1-3-36-26(34)11-8-20-4-5-22(27(30)31)18-25(20)37-17-14-32-28(35)21-6-9-23(10-7-21)38-24-12-15-33(16-13-24)19(2)29/h4-11,18,24,29H,3,12-17H2,1-2H3,(H3,30,31)(H,32,35). The number of nitrogens with one attached hydrogen (secondary N) is 3. The highest BCUT2D eigenvalue weighted by Crippen LogP contribution is 2.23. The van der Waals surface area contributed by atoms with Gasteiger partial charge in [0.1, 0.15) is 30.0 Å². The van der Waals surface area contributed by atoms with Gasteiger partial charge in [-0.05, 0) is 50.3 Å². The van der Waals surface area contributed by atoms with E-state index < -0.39 is 5.97 Å². The molecule has 1 saturated heterocycles. The maximum absolute atomic E-state index is 12.6. The average Bonchev–Trinajstić information content (AvgIpc) is 2.91. The van der Waals surface area contributed by atoms with E-state index in [1.807, 2.05) is 4.90 Å². The van der Waals surface area contributed by atoms with E-state index in [9.17, 15) is 9.59 Å². The van der Waals surface area contributed by atoms with Crippen molar-refractivity contribution in [2.45, 2.75) is 32.8 Å². The first-order valence-electron chi connectivity index (χ1n) is 12.6. The Morgan fingerprint density at radius 1 is 1.11 bits per heavy atom. The number of nitrogens with two attached hydrogens (primary N) is 1. The molecule has 0 aliphatic carbocycles. The SMILES string of the molecule is CCOC(=O)C=Cc1ccc(C(=N)N)cc1OCCNC(=O)c1ccc(OC2CCN(C(C)=N)CC2)cc1. The number of nitrogens with zero attached hydrogens (tertiary/aromatic N) is 1. The van der Waals surface area contributed by atoms with Crippen LogP contribution in [0.5, 0.6) is 11.5 Å². The molecule has 1 fully saturated rings. The second kappa shape index (κ2) is 13.8. The molecule has 0 saturated carbocycles. The van der Waals surface area contributed by atoms with E-state index in [4.69, 9.17) is 30.8 Å². The second-order valence-corrected chi connectivity index (χ2v) is 8.77. The Hall–Kier alpha value is -4.34. The van der Waals surface area contributed by atoms with Gasteiger partial charge < -0.3 is 30.2 Å². The third-order valence-electron chi connectivity index (χ3n) is 5.99. The van der Waals surface area contributed by atoms with Gasteiger partial charge in [-0.3, -0.25) is 15.6 Å². The topological polar surface area (TPSA) is 151 Å². The summed E-state index contributed by atoms with van der Waals surface area (Å²) in [6.45, 7) is 5.83. The summed E-state index contributed by atoms with van der Waals surface area (Å²) in [4.78, 5) is 26.3. The molecule has 1 heterocycles. The lowest BCUT2D eigenvalue weighted by Gasteiger charge is -2.32. The number of esters is 1. The molecule has 10 nitrogen and oxygen atoms in total. The molecule has 0 spiro atoms. The van der Waals surface area contributed by atoms with E-state index in [0.29, 0.717) is 34.0 Å². The van der Waals surface area contributed by atoms with Crippen molar-refractivity contribution in [1.82, 2.24) is 10.2 Å². The average molecular weight is 522 g/mol. The van der Waals surface area contributed by atoms with Gasteiger partial charge in [-0.2, -0.15) is 0 Å². The van der Waals surface area contributed by atoms with Crippen molar-refractivity contribution in [2.75, 3.05) is 32.8 Å². The second-order valence-electron chi connectivity index (χ2n) is 8.77. The number of rotatable bonds is 11. The fourth-order valence-corrected chi connectivity index (χ4v) is 3.93. The lowest BCUT2D eigenvalue weighted by molar-refractivity contribution is -0.137. The molecule has 0 bridgehead atoms. The maximum Gasteiger partial charge on any atom is 0.330 e. The number of nitrogen functional groups attached to an aromatic ring is 1. The van der Waals surface area contributed by atoms with Gasteiger partial charge in [0.15, 0.2) is 0 Å². The van der Waals surface area contributed by atoms with Crippen LogP contribution in [0.2, 0.25) is 0 Å². The molecule has 10 heteroatoms. The maximum atomic E-state index is 12.6. The van der Waals surface area contributed by atoms with Gasteiger partial charge in [0.05, 0.1) is 19.0 Å². The third kappa shape index (κ3) is 8.36. The molecule has 0 aromatic heterocycles. The Labute approximate surface area is 222 Å². The van der Waals surface area contributed by atoms with Gasteiger partial charge in [-0.1, -0.05) is 12.1 Å². The number of carbonyl (C=O) groups excluding carboxylic acids is 2. The molecule has 0 unspecified atom stereocenters. The third-order valence-corrected chi connectivity index (χ3v) is 5.99. The van der Waals surface area contributed by atoms with E-state index in [1.54, 1.807) is 62.4 Å². The molecule has 0 atom stereocenters. The molecule has 2 aromatic rings. The highest BCUT2D eigenvalue weighted by Gasteiger charge is 2.20. The van der Waals surface area contributed by atoms with Crippen molar-refractivity contribution < 1.29 is 23.8 Å². The summed E-state index contributed by atoms with van der Waals surface area (Å²) in [5.74, 6) is 0.902. The molecule has 3 rings (SSSR count). The highest BCUT2D eigenvalue weighted by atomic mass is 16.5. The Kier molecular flexibility index (Phi) is 10.3. The van der Waals surface area contributed by atoms with Crippen LogP contribution in [0, 0.1) is 10.8 Å². The summed E-state index contributed by atoms with van der Waals surface area (Å²) in [7, 11) is 0. The first kappa shape index (κ1) is 28.2. The number of piperidine rings is 1. The summed E-state index contributed by atoms with van der Waals surface area (Å²) in [5, 5.41) is 18.2. The van der Waals surface area contributed by atoms with Gasteiger partial charge >= 0.3 is 5.97 Å². The van der Waals surface area contributed by atoms with E-state index in [-0.39, 0.29) is 37.6 Å². The van der Waals surface area contributed by atoms with Crippen LogP contribution in [0.3, 0.4) is 0 Å². The number of hydrogen-bond acceptors (Lipinski definition) is 7. The number of benzene rings is 2.